The summed E-state index contributed by atoms with van der Waals surface area (Å²) in [6, 6.07) is 4.33. The van der Waals surface area contributed by atoms with Crippen LogP contribution in [0.5, 0.6) is 0 Å². The van der Waals surface area contributed by atoms with E-state index in [9.17, 15) is 9.90 Å². The lowest BCUT2D eigenvalue weighted by Gasteiger charge is -2.05. The quantitative estimate of drug-likeness (QED) is 0.712. The maximum Gasteiger partial charge on any atom is 0.0715 e. The van der Waals surface area contributed by atoms with E-state index in [0.717, 1.165) is 5.56 Å². The minimum Gasteiger partial charge on any atom is -0.545 e. The van der Waals surface area contributed by atoms with Gasteiger partial charge in [-0.05, 0) is 17.2 Å². The average Bonchev–Trinajstić information content (AvgIpc) is 2.04. The summed E-state index contributed by atoms with van der Waals surface area (Å²) < 4.78 is 0. The van der Waals surface area contributed by atoms with Crippen LogP contribution < -0.4 is 10.8 Å². The second-order valence-corrected chi connectivity index (χ2v) is 2.70. The molecule has 0 aliphatic rings. The number of carboxylic acid groups (broad SMARTS) is 1. The first-order chi connectivity index (χ1) is 5.65. The molecule has 64 valence electrons. The van der Waals surface area contributed by atoms with Gasteiger partial charge in [0, 0.05) is 11.6 Å². The Bertz CT molecular complexity index is 312. The first-order valence-corrected chi connectivity index (χ1v) is 3.73. The Morgan fingerprint density at radius 3 is 2.67 bits per heavy atom. The highest BCUT2D eigenvalue weighted by atomic mass is 35.5. The van der Waals surface area contributed by atoms with E-state index < -0.39 is 5.97 Å². The summed E-state index contributed by atoms with van der Waals surface area (Å²) in [5, 5.41) is 10.7. The van der Waals surface area contributed by atoms with E-state index in [4.69, 9.17) is 17.3 Å². The molecule has 0 aliphatic carbocycles. The van der Waals surface area contributed by atoms with Crippen LogP contribution in [0.2, 0.25) is 5.02 Å². The molecule has 0 unspecified atom stereocenters. The topological polar surface area (TPSA) is 66.2 Å². The maximum absolute atomic E-state index is 10.4. The van der Waals surface area contributed by atoms with Crippen molar-refractivity contribution >= 4 is 17.6 Å². The van der Waals surface area contributed by atoms with E-state index in [1.807, 2.05) is 0 Å². The molecule has 2 N–H and O–H groups in total. The van der Waals surface area contributed by atoms with Crippen LogP contribution in [-0.2, 0) is 6.54 Å². The molecule has 0 radical (unpaired) electrons. The van der Waals surface area contributed by atoms with Crippen LogP contribution in [0.4, 0.5) is 0 Å². The van der Waals surface area contributed by atoms with Gasteiger partial charge in [0.15, 0.2) is 0 Å². The van der Waals surface area contributed by atoms with Crippen molar-refractivity contribution < 1.29 is 9.90 Å². The molecule has 0 saturated carbocycles. The molecule has 0 bridgehead atoms. The Labute approximate surface area is 74.8 Å². The molecular formula is C8H7ClNO2-. The van der Waals surface area contributed by atoms with Crippen molar-refractivity contribution in [2.75, 3.05) is 0 Å². The fourth-order valence-electron chi connectivity index (χ4n) is 0.840. The van der Waals surface area contributed by atoms with Crippen molar-refractivity contribution in [3.63, 3.8) is 0 Å². The zero-order valence-electron chi connectivity index (χ0n) is 6.21. The second kappa shape index (κ2) is 3.56. The molecule has 0 spiro atoms. The standard InChI is InChI=1S/C8H8ClNO2/c9-7-3-5(8(11)12)1-2-6(7)4-10/h1-3H,4,10H2,(H,11,12)/p-1. The summed E-state index contributed by atoms with van der Waals surface area (Å²) in [6.07, 6.45) is 0. The molecule has 1 rings (SSSR count). The van der Waals surface area contributed by atoms with Gasteiger partial charge in [0.05, 0.1) is 5.97 Å². The third-order valence-corrected chi connectivity index (χ3v) is 1.86. The average molecular weight is 185 g/mol. The lowest BCUT2D eigenvalue weighted by atomic mass is 10.1. The lowest BCUT2D eigenvalue weighted by Crippen LogP contribution is -2.22. The van der Waals surface area contributed by atoms with Crippen molar-refractivity contribution in [3.8, 4) is 0 Å². The Morgan fingerprint density at radius 1 is 1.58 bits per heavy atom. The summed E-state index contributed by atoms with van der Waals surface area (Å²) >= 11 is 5.70. The molecular weight excluding hydrogens is 178 g/mol. The van der Waals surface area contributed by atoms with E-state index in [1.165, 1.54) is 12.1 Å². The normalized spacial score (nSPS) is 9.83. The van der Waals surface area contributed by atoms with Crippen LogP contribution in [0.25, 0.3) is 0 Å². The van der Waals surface area contributed by atoms with Gasteiger partial charge in [0.25, 0.3) is 0 Å². The van der Waals surface area contributed by atoms with Crippen molar-refractivity contribution in [2.45, 2.75) is 6.54 Å². The number of aromatic carboxylic acids is 1. The molecule has 4 heteroatoms. The van der Waals surface area contributed by atoms with E-state index in [1.54, 1.807) is 6.07 Å². The number of halogens is 1. The van der Waals surface area contributed by atoms with Gasteiger partial charge in [-0.1, -0.05) is 23.7 Å². The predicted molar refractivity (Wildman–Crippen MR) is 43.7 cm³/mol. The van der Waals surface area contributed by atoms with Crippen molar-refractivity contribution in [3.05, 3.63) is 34.3 Å². The summed E-state index contributed by atoms with van der Waals surface area (Å²) in [5.41, 5.74) is 6.12. The van der Waals surface area contributed by atoms with Gasteiger partial charge >= 0.3 is 0 Å². The minimum atomic E-state index is -1.24. The monoisotopic (exact) mass is 184 g/mol. The zero-order valence-corrected chi connectivity index (χ0v) is 6.97. The van der Waals surface area contributed by atoms with Crippen LogP contribution >= 0.6 is 11.6 Å². The van der Waals surface area contributed by atoms with Gasteiger partial charge in [-0.2, -0.15) is 0 Å². The van der Waals surface area contributed by atoms with E-state index in [-0.39, 0.29) is 5.56 Å². The summed E-state index contributed by atoms with van der Waals surface area (Å²) in [6.45, 7) is 0.298. The second-order valence-electron chi connectivity index (χ2n) is 2.30. The molecule has 0 heterocycles. The maximum atomic E-state index is 10.4. The Balaban J connectivity index is 3.10. The van der Waals surface area contributed by atoms with Crippen LogP contribution in [-0.4, -0.2) is 5.97 Å². The Kier molecular flexibility index (Phi) is 2.68. The highest BCUT2D eigenvalue weighted by Crippen LogP contribution is 2.16. The van der Waals surface area contributed by atoms with Gasteiger partial charge < -0.3 is 15.6 Å². The van der Waals surface area contributed by atoms with Crippen LogP contribution in [0.3, 0.4) is 0 Å². The fourth-order valence-corrected chi connectivity index (χ4v) is 1.10. The van der Waals surface area contributed by atoms with Crippen molar-refractivity contribution in [1.82, 2.24) is 0 Å². The van der Waals surface area contributed by atoms with Gasteiger partial charge in [-0.15, -0.1) is 0 Å². The number of carboxylic acids is 1. The molecule has 0 fully saturated rings. The molecule has 0 saturated heterocycles. The summed E-state index contributed by atoms with van der Waals surface area (Å²) in [7, 11) is 0. The molecule has 12 heavy (non-hydrogen) atoms. The molecule has 1 aromatic carbocycles. The first-order valence-electron chi connectivity index (χ1n) is 3.35. The third-order valence-electron chi connectivity index (χ3n) is 1.51. The van der Waals surface area contributed by atoms with E-state index in [0.29, 0.717) is 11.6 Å². The zero-order chi connectivity index (χ0) is 9.14. The van der Waals surface area contributed by atoms with Gasteiger partial charge in [0.1, 0.15) is 0 Å². The summed E-state index contributed by atoms with van der Waals surface area (Å²) in [4.78, 5) is 10.4. The largest absolute Gasteiger partial charge is 0.545 e. The lowest BCUT2D eigenvalue weighted by molar-refractivity contribution is -0.255. The third kappa shape index (κ3) is 1.75. The van der Waals surface area contributed by atoms with Gasteiger partial charge in [0.2, 0.25) is 0 Å². The number of carbonyl (C=O) groups excluding carboxylic acids is 1. The number of hydrogen-bond donors (Lipinski definition) is 1. The van der Waals surface area contributed by atoms with E-state index >= 15 is 0 Å². The molecule has 0 aromatic heterocycles. The SMILES string of the molecule is NCc1ccc(C(=O)[O-])cc1Cl. The summed E-state index contributed by atoms with van der Waals surface area (Å²) in [5.74, 6) is -1.24. The number of rotatable bonds is 2. The highest BCUT2D eigenvalue weighted by Gasteiger charge is 1.99. The number of benzene rings is 1. The van der Waals surface area contributed by atoms with E-state index in [2.05, 4.69) is 0 Å². The molecule has 1 aromatic rings. The molecule has 0 amide bonds. The smallest absolute Gasteiger partial charge is 0.0715 e. The molecule has 0 atom stereocenters. The van der Waals surface area contributed by atoms with Crippen LogP contribution in [0.1, 0.15) is 15.9 Å². The Hall–Kier alpha value is -1.06. The molecule has 0 aliphatic heterocycles. The number of carbonyl (C=O) groups is 1. The van der Waals surface area contributed by atoms with Crippen molar-refractivity contribution in [2.24, 2.45) is 5.73 Å². The molecule has 3 nitrogen and oxygen atoms in total. The highest BCUT2D eigenvalue weighted by molar-refractivity contribution is 6.31. The van der Waals surface area contributed by atoms with Crippen LogP contribution in [0, 0.1) is 0 Å². The Morgan fingerprint density at radius 2 is 2.25 bits per heavy atom. The van der Waals surface area contributed by atoms with Crippen LogP contribution in [0.15, 0.2) is 18.2 Å². The number of nitrogens with two attached hydrogens (primary N) is 1. The minimum absolute atomic E-state index is 0.0669. The predicted octanol–water partition coefficient (Wildman–Crippen LogP) is 0.162. The first kappa shape index (κ1) is 9.03. The van der Waals surface area contributed by atoms with Crippen molar-refractivity contribution in [1.29, 1.82) is 0 Å². The van der Waals surface area contributed by atoms with Gasteiger partial charge in [-0.3, -0.25) is 0 Å². The number of hydrogen-bond acceptors (Lipinski definition) is 3. The fraction of sp³-hybridized carbons (Fsp3) is 0.125. The van der Waals surface area contributed by atoms with Gasteiger partial charge in [-0.25, -0.2) is 0 Å².